The van der Waals surface area contributed by atoms with E-state index in [1.807, 2.05) is 0 Å². The molecule has 0 aromatic rings. The first-order chi connectivity index (χ1) is 6.01. The summed E-state index contributed by atoms with van der Waals surface area (Å²) in [6.07, 6.45) is -1.70. The summed E-state index contributed by atoms with van der Waals surface area (Å²) in [7, 11) is 0. The number of carboxylic acids is 1. The van der Waals surface area contributed by atoms with Crippen molar-refractivity contribution in [1.82, 2.24) is 0 Å². The van der Waals surface area contributed by atoms with E-state index in [0.29, 0.717) is 0 Å². The van der Waals surface area contributed by atoms with Crippen molar-refractivity contribution < 1.29 is 16.8 Å². The minimum absolute atomic E-state index is 0.987. The molecule has 0 aromatic carbocycles. The van der Waals surface area contributed by atoms with Crippen molar-refractivity contribution in [3.8, 4) is 0 Å². The molecule has 0 saturated heterocycles. The summed E-state index contributed by atoms with van der Waals surface area (Å²) in [6, 6.07) is -1.67. The van der Waals surface area contributed by atoms with Crippen molar-refractivity contribution in [3.05, 3.63) is 0 Å². The molecule has 3 N–H and O–H groups in total. The van der Waals surface area contributed by atoms with Crippen molar-refractivity contribution in [2.75, 3.05) is 0 Å². The van der Waals surface area contributed by atoms with E-state index >= 15 is 0 Å². The maximum absolute atomic E-state index is 10.4. The topological polar surface area (TPSA) is 63.3 Å². The second-order valence-corrected chi connectivity index (χ2v) is 1.71. The Hall–Kier alpha value is -0.570. The smallest absolute Gasteiger partial charge is 0.320 e. The van der Waals surface area contributed by atoms with Crippen LogP contribution in [-0.2, 0) is 4.79 Å². The molecule has 0 heterocycles. The highest BCUT2D eigenvalue weighted by Gasteiger charge is 2.11. The Balaban J connectivity index is 4.84. The van der Waals surface area contributed by atoms with Gasteiger partial charge in [0.25, 0.3) is 0 Å². The molecule has 0 spiro atoms. The molecular formula is C6H13NO2. The van der Waals surface area contributed by atoms with Gasteiger partial charge in [0.2, 0.25) is 0 Å². The molecule has 0 amide bonds. The third-order valence-corrected chi connectivity index (χ3v) is 0.715. The Morgan fingerprint density at radius 2 is 2.78 bits per heavy atom. The van der Waals surface area contributed by atoms with Gasteiger partial charge in [0.05, 0.1) is 0 Å². The van der Waals surface area contributed by atoms with Gasteiger partial charge in [-0.1, -0.05) is 13.8 Å². The third-order valence-electron chi connectivity index (χ3n) is 0.715. The molecule has 0 aromatic heterocycles. The van der Waals surface area contributed by atoms with Crippen LogP contribution in [0.4, 0.5) is 0 Å². The average Bonchev–Trinajstić information content (AvgIpc) is 1.99. The number of hydrogen-bond donors (Lipinski definition) is 2. The Bertz CT molecular complexity index is 227. The Labute approximate surface area is 61.9 Å². The predicted octanol–water partition coefficient (Wildman–Crippen LogP) is 0.444. The van der Waals surface area contributed by atoms with Crippen LogP contribution in [0.2, 0.25) is 0 Å². The summed E-state index contributed by atoms with van der Waals surface area (Å²) in [4.78, 5) is 10.4. The first-order valence-corrected chi connectivity index (χ1v) is 2.42. The molecule has 0 saturated carbocycles. The lowest BCUT2D eigenvalue weighted by Gasteiger charge is -2.07. The maximum atomic E-state index is 10.4. The molecule has 0 fully saturated rings. The Kier molecular flexibility index (Phi) is 1.16. The Morgan fingerprint density at radius 3 is 3.11 bits per heavy atom. The normalized spacial score (nSPS) is 33.3. The van der Waals surface area contributed by atoms with Crippen LogP contribution in [-0.4, -0.2) is 17.1 Å². The van der Waals surface area contributed by atoms with Crippen LogP contribution >= 0.6 is 0 Å². The monoisotopic (exact) mass is 140 g/mol. The van der Waals surface area contributed by atoms with Crippen LogP contribution in [0.1, 0.15) is 27.0 Å². The molecule has 3 nitrogen and oxygen atoms in total. The zero-order valence-electron chi connectivity index (χ0n) is 10.1. The molecule has 1 unspecified atom stereocenters. The molecule has 0 radical (unpaired) electrons. The van der Waals surface area contributed by atoms with Crippen LogP contribution < -0.4 is 5.73 Å². The van der Waals surface area contributed by atoms with Crippen LogP contribution in [0, 0.1) is 5.89 Å². The molecule has 0 aliphatic carbocycles. The van der Waals surface area contributed by atoms with Gasteiger partial charge in [0.15, 0.2) is 0 Å². The van der Waals surface area contributed by atoms with Gasteiger partial charge in [-0.15, -0.1) is 0 Å². The molecule has 0 aliphatic heterocycles. The van der Waals surface area contributed by atoms with Gasteiger partial charge < -0.3 is 10.8 Å². The summed E-state index contributed by atoms with van der Waals surface area (Å²) in [5.41, 5.74) is 5.09. The summed E-state index contributed by atoms with van der Waals surface area (Å²) in [6.45, 7) is -1.74. The van der Waals surface area contributed by atoms with Crippen molar-refractivity contribution in [3.63, 3.8) is 0 Å². The lowest BCUT2D eigenvalue weighted by Crippen LogP contribution is -2.31. The number of rotatable bonds is 3. The average molecular weight is 140 g/mol. The van der Waals surface area contributed by atoms with E-state index in [4.69, 9.17) is 17.7 Å². The van der Waals surface area contributed by atoms with Gasteiger partial charge in [-0.05, 0) is 12.3 Å². The lowest BCUT2D eigenvalue weighted by molar-refractivity contribution is -0.138. The Morgan fingerprint density at radius 1 is 2.22 bits per heavy atom. The molecule has 0 bridgehead atoms. The summed E-state index contributed by atoms with van der Waals surface area (Å²) >= 11 is 0. The molecule has 9 heavy (non-hydrogen) atoms. The zero-order valence-corrected chi connectivity index (χ0v) is 5.09. The minimum Gasteiger partial charge on any atom is -0.480 e. The van der Waals surface area contributed by atoms with Crippen LogP contribution in [0.15, 0.2) is 0 Å². The third kappa shape index (κ3) is 3.97. The van der Waals surface area contributed by atoms with Crippen LogP contribution in [0.25, 0.3) is 0 Å². The van der Waals surface area contributed by atoms with Crippen LogP contribution in [0.5, 0.6) is 0 Å². The second kappa shape index (κ2) is 3.45. The molecule has 3 heteroatoms. The summed E-state index contributed by atoms with van der Waals surface area (Å²) in [5, 5.41) is 8.47. The van der Waals surface area contributed by atoms with E-state index in [2.05, 4.69) is 0 Å². The molecule has 3 atom stereocenters. The number of carbonyl (C=O) groups is 1. The van der Waals surface area contributed by atoms with Gasteiger partial charge >= 0.3 is 5.97 Å². The van der Waals surface area contributed by atoms with E-state index < -0.39 is 31.2 Å². The largest absolute Gasteiger partial charge is 0.480 e. The molecule has 0 aliphatic rings. The van der Waals surface area contributed by atoms with Crippen molar-refractivity contribution >= 4 is 5.97 Å². The van der Waals surface area contributed by atoms with Crippen LogP contribution in [0.3, 0.4) is 0 Å². The number of carboxylic acid groups (broad SMARTS) is 1. The lowest BCUT2D eigenvalue weighted by atomic mass is 10.3. The number of aliphatic carboxylic acids is 1. The fourth-order valence-electron chi connectivity index (χ4n) is 0.341. The van der Waals surface area contributed by atoms with Crippen molar-refractivity contribution in [1.29, 1.82) is 0 Å². The zero-order chi connectivity index (χ0) is 11.7. The first kappa shape index (κ1) is 3.01. The molecular weight excluding hydrogens is 122 g/mol. The highest BCUT2D eigenvalue weighted by molar-refractivity contribution is 5.72. The summed E-state index contributed by atoms with van der Waals surface area (Å²) in [5.74, 6) is -3.67. The summed E-state index contributed by atoms with van der Waals surface area (Å²) < 4.78 is 35.7. The maximum Gasteiger partial charge on any atom is 0.320 e. The first-order valence-electron chi connectivity index (χ1n) is 5.00. The van der Waals surface area contributed by atoms with E-state index in [1.165, 1.54) is 0 Å². The second-order valence-electron chi connectivity index (χ2n) is 1.71. The van der Waals surface area contributed by atoms with Gasteiger partial charge in [-0.3, -0.25) is 4.79 Å². The van der Waals surface area contributed by atoms with Crippen molar-refractivity contribution in [2.45, 2.75) is 26.2 Å². The fraction of sp³-hybridized carbons (Fsp3) is 0.833. The number of nitrogens with two attached hydrogens (primary N) is 1. The fourth-order valence-corrected chi connectivity index (χ4v) is 0.341. The van der Waals surface area contributed by atoms with Gasteiger partial charge in [0, 0.05) is 6.85 Å². The number of hydrogen-bond acceptors (Lipinski definition) is 2. The van der Waals surface area contributed by atoms with Gasteiger partial charge in [0.1, 0.15) is 6.04 Å². The van der Waals surface area contributed by atoms with E-state index in [0.717, 1.165) is 6.92 Å². The highest BCUT2D eigenvalue weighted by atomic mass is 16.5. The molecule has 0 rings (SSSR count). The highest BCUT2D eigenvalue weighted by Crippen LogP contribution is 2.01. The quantitative estimate of drug-likeness (QED) is 0.441. The van der Waals surface area contributed by atoms with Gasteiger partial charge in [-0.25, -0.2) is 0 Å². The predicted molar refractivity (Wildman–Crippen MR) is 35.1 cm³/mol. The standard InChI is InChI=1S/C6H13NO2/c1-4(2)3-5(7)6(8)9/h4-5H,3,7H2,1-2H3,(H,8,9)/t5-/m0/s1/i1+0D3,3+1D,4+0D,5+1,6+1,7+1/t3?,4-,5+/m1. The van der Waals surface area contributed by atoms with E-state index in [9.17, 15) is 4.79 Å². The van der Waals surface area contributed by atoms with E-state index in [-0.39, 0.29) is 0 Å². The van der Waals surface area contributed by atoms with Crippen molar-refractivity contribution in [2.24, 2.45) is 11.6 Å². The minimum atomic E-state index is -2.73. The van der Waals surface area contributed by atoms with Gasteiger partial charge in [-0.2, -0.15) is 0 Å². The molecule has 54 valence electrons. The SMILES string of the molecule is [2H][13CH]([13C@H]([15NH2])[13C](=O)O)[12C@@]([2H])(C)[12C]([2H])([2H])[2H]. The van der Waals surface area contributed by atoms with E-state index in [1.54, 1.807) is 0 Å².